The van der Waals surface area contributed by atoms with Crippen molar-refractivity contribution < 1.29 is 31.1 Å². The van der Waals surface area contributed by atoms with Crippen LogP contribution in [0.4, 0.5) is 37.8 Å². The van der Waals surface area contributed by atoms with E-state index in [4.69, 9.17) is 0 Å². The molecule has 1 unspecified atom stereocenters. The lowest BCUT2D eigenvalue weighted by atomic mass is 10.1. The van der Waals surface area contributed by atoms with Gasteiger partial charge in [-0.1, -0.05) is 0 Å². The van der Waals surface area contributed by atoms with E-state index >= 15 is 0 Å². The molecule has 4 rings (SSSR count). The number of aryl methyl sites for hydroxylation is 1. The van der Waals surface area contributed by atoms with E-state index in [0.717, 1.165) is 23.0 Å². The predicted molar refractivity (Wildman–Crippen MR) is 109 cm³/mol. The fourth-order valence-electron chi connectivity index (χ4n) is 3.78. The van der Waals surface area contributed by atoms with Gasteiger partial charge in [-0.3, -0.25) is 14.5 Å². The Hall–Kier alpha value is -3.20. The minimum atomic E-state index is -4.64. The highest BCUT2D eigenvalue weighted by Crippen LogP contribution is 2.32. The van der Waals surface area contributed by atoms with Gasteiger partial charge in [0.25, 0.3) is 5.92 Å². The van der Waals surface area contributed by atoms with Crippen molar-refractivity contribution in [2.45, 2.75) is 44.2 Å². The van der Waals surface area contributed by atoms with Crippen LogP contribution < -0.4 is 15.6 Å². The molecule has 1 amide bonds. The Balaban J connectivity index is 1.40. The minimum absolute atomic E-state index is 0.0282. The van der Waals surface area contributed by atoms with Gasteiger partial charge in [-0.2, -0.15) is 23.3 Å². The minimum Gasteiger partial charge on any atom is -0.323 e. The van der Waals surface area contributed by atoms with Gasteiger partial charge in [0, 0.05) is 25.2 Å². The smallest absolute Gasteiger partial charge is 0.323 e. The number of nitrogens with one attached hydrogen (secondary N) is 2. The van der Waals surface area contributed by atoms with E-state index in [2.05, 4.69) is 25.7 Å². The SMILES string of the molecule is Cc1cc(C(F)(F)F)nn1CC(=O)Nc1cnc(N2C=NC([C@@H]3CC(F)(F)CN3)N2C)c(F)c1. The summed E-state index contributed by atoms with van der Waals surface area (Å²) in [5, 5.41) is 11.1. The fourth-order valence-corrected chi connectivity index (χ4v) is 3.78. The molecule has 2 N–H and O–H groups in total. The molecule has 0 bridgehead atoms. The third-order valence-corrected chi connectivity index (χ3v) is 5.44. The average molecular weight is 490 g/mol. The number of aliphatic imine (C=N–C) groups is 1. The van der Waals surface area contributed by atoms with Gasteiger partial charge in [-0.05, 0) is 13.0 Å². The van der Waals surface area contributed by atoms with Crippen LogP contribution in [0.15, 0.2) is 23.3 Å². The summed E-state index contributed by atoms with van der Waals surface area (Å²) in [4.78, 5) is 20.4. The maximum Gasteiger partial charge on any atom is 0.435 e. The zero-order valence-electron chi connectivity index (χ0n) is 17.9. The Morgan fingerprint density at radius 3 is 2.65 bits per heavy atom. The molecule has 0 saturated carbocycles. The largest absolute Gasteiger partial charge is 0.435 e. The Kier molecular flexibility index (Phi) is 6.01. The molecule has 2 aliphatic rings. The molecule has 4 heterocycles. The van der Waals surface area contributed by atoms with E-state index in [-0.39, 0.29) is 17.2 Å². The molecular weight excluding hydrogens is 470 g/mol. The molecule has 0 radical (unpaired) electrons. The third kappa shape index (κ3) is 4.84. The highest BCUT2D eigenvalue weighted by Gasteiger charge is 2.45. The number of aromatic nitrogens is 3. The van der Waals surface area contributed by atoms with E-state index in [9.17, 15) is 31.1 Å². The number of pyridine rings is 1. The second-order valence-corrected chi connectivity index (χ2v) is 8.05. The molecule has 1 fully saturated rings. The number of hydrogen-bond donors (Lipinski definition) is 2. The molecule has 34 heavy (non-hydrogen) atoms. The molecule has 2 aromatic rings. The first-order valence-electron chi connectivity index (χ1n) is 10.1. The molecule has 2 aromatic heterocycles. The first kappa shape index (κ1) is 23.9. The van der Waals surface area contributed by atoms with Gasteiger partial charge in [0.15, 0.2) is 17.3 Å². The number of likely N-dealkylation sites (N-methyl/N-ethyl adjacent to an activating group) is 1. The maximum atomic E-state index is 14.8. The van der Waals surface area contributed by atoms with Crippen LogP contribution in [0.2, 0.25) is 0 Å². The van der Waals surface area contributed by atoms with Crippen LogP contribution in [-0.2, 0) is 17.5 Å². The zero-order chi connectivity index (χ0) is 24.8. The summed E-state index contributed by atoms with van der Waals surface area (Å²) in [6.07, 6.45) is -3.31. The molecule has 2 atom stereocenters. The molecule has 1 saturated heterocycles. The number of halogens is 6. The molecular formula is C19H20F6N8O. The van der Waals surface area contributed by atoms with Gasteiger partial charge < -0.3 is 10.6 Å². The molecule has 0 aliphatic carbocycles. The summed E-state index contributed by atoms with van der Waals surface area (Å²) >= 11 is 0. The Bertz CT molecular complexity index is 1120. The van der Waals surface area contributed by atoms with Crippen molar-refractivity contribution in [3.8, 4) is 0 Å². The lowest BCUT2D eigenvalue weighted by Crippen LogP contribution is -2.48. The van der Waals surface area contributed by atoms with Crippen molar-refractivity contribution in [1.29, 1.82) is 0 Å². The van der Waals surface area contributed by atoms with Crippen molar-refractivity contribution in [2.75, 3.05) is 23.9 Å². The predicted octanol–water partition coefficient (Wildman–Crippen LogP) is 2.40. The van der Waals surface area contributed by atoms with Crippen molar-refractivity contribution in [2.24, 2.45) is 4.99 Å². The first-order chi connectivity index (χ1) is 15.8. The van der Waals surface area contributed by atoms with Crippen LogP contribution >= 0.6 is 0 Å². The lowest BCUT2D eigenvalue weighted by molar-refractivity contribution is -0.141. The Morgan fingerprint density at radius 1 is 1.32 bits per heavy atom. The van der Waals surface area contributed by atoms with Crippen LogP contribution in [0.5, 0.6) is 0 Å². The van der Waals surface area contributed by atoms with E-state index in [1.54, 1.807) is 7.05 Å². The maximum absolute atomic E-state index is 14.8. The van der Waals surface area contributed by atoms with Crippen molar-refractivity contribution in [1.82, 2.24) is 25.1 Å². The van der Waals surface area contributed by atoms with Crippen LogP contribution in [0.3, 0.4) is 0 Å². The topological polar surface area (TPSA) is 90.7 Å². The zero-order valence-corrected chi connectivity index (χ0v) is 17.9. The van der Waals surface area contributed by atoms with Gasteiger partial charge in [-0.25, -0.2) is 23.2 Å². The number of rotatable bonds is 5. The van der Waals surface area contributed by atoms with Crippen LogP contribution in [0.25, 0.3) is 0 Å². The summed E-state index contributed by atoms with van der Waals surface area (Å²) in [7, 11) is 1.55. The monoisotopic (exact) mass is 490 g/mol. The summed E-state index contributed by atoms with van der Waals surface area (Å²) in [6.45, 7) is 0.386. The summed E-state index contributed by atoms with van der Waals surface area (Å²) < 4.78 is 81.0. The fraction of sp³-hybridized carbons (Fsp3) is 0.474. The van der Waals surface area contributed by atoms with Gasteiger partial charge in [0.1, 0.15) is 19.0 Å². The number of carbonyl (C=O) groups is 1. The molecule has 2 aliphatic heterocycles. The van der Waals surface area contributed by atoms with E-state index < -0.39 is 61.2 Å². The Morgan fingerprint density at radius 2 is 2.06 bits per heavy atom. The molecule has 0 spiro atoms. The van der Waals surface area contributed by atoms with Gasteiger partial charge in [0.05, 0.1) is 24.5 Å². The van der Waals surface area contributed by atoms with E-state index in [1.807, 2.05) is 0 Å². The number of anilines is 2. The normalized spacial score (nSPS) is 22.5. The lowest BCUT2D eigenvalue weighted by Gasteiger charge is -2.30. The molecule has 0 aromatic carbocycles. The highest BCUT2D eigenvalue weighted by molar-refractivity contribution is 5.90. The van der Waals surface area contributed by atoms with Crippen molar-refractivity contribution in [3.05, 3.63) is 35.5 Å². The molecule has 9 nitrogen and oxygen atoms in total. The van der Waals surface area contributed by atoms with Crippen molar-refractivity contribution >= 4 is 23.8 Å². The van der Waals surface area contributed by atoms with E-state index in [1.165, 1.54) is 23.3 Å². The highest BCUT2D eigenvalue weighted by atomic mass is 19.4. The number of alkyl halides is 5. The second-order valence-electron chi connectivity index (χ2n) is 8.05. The molecule has 15 heteroatoms. The quantitative estimate of drug-likeness (QED) is 0.626. The van der Waals surface area contributed by atoms with Crippen LogP contribution in [0.1, 0.15) is 17.8 Å². The van der Waals surface area contributed by atoms with Gasteiger partial charge in [-0.15, -0.1) is 0 Å². The Labute approximate surface area is 189 Å². The van der Waals surface area contributed by atoms with Gasteiger partial charge >= 0.3 is 6.18 Å². The van der Waals surface area contributed by atoms with Crippen LogP contribution in [0, 0.1) is 12.7 Å². The van der Waals surface area contributed by atoms with Crippen LogP contribution in [-0.4, -0.2) is 63.7 Å². The number of hydrazine groups is 1. The van der Waals surface area contributed by atoms with Gasteiger partial charge in [0.2, 0.25) is 5.91 Å². The second kappa shape index (κ2) is 8.54. The standard InChI is InChI=1S/C19H20F6N8O/c1-10-3-14(19(23,24)25)30-32(10)7-15(34)29-11-4-12(20)16(26-6-11)33-9-28-17(31(33)2)13-5-18(21,22)8-27-13/h3-4,6,9,13,17,27H,5,7-8H2,1-2H3,(H,29,34)/t13-,17?/m0/s1. The number of nitrogens with zero attached hydrogens (tertiary/aromatic N) is 6. The van der Waals surface area contributed by atoms with E-state index in [0.29, 0.717) is 0 Å². The summed E-state index contributed by atoms with van der Waals surface area (Å²) in [6, 6.07) is 1.16. The molecule has 184 valence electrons. The number of hydrogen-bond acceptors (Lipinski definition) is 7. The number of amides is 1. The first-order valence-corrected chi connectivity index (χ1v) is 10.1. The van der Waals surface area contributed by atoms with Crippen molar-refractivity contribution in [3.63, 3.8) is 0 Å². The third-order valence-electron chi connectivity index (χ3n) is 5.44. The average Bonchev–Trinajstić information content (AvgIpc) is 3.39. The number of carbonyl (C=O) groups excluding carboxylic acids is 1. The summed E-state index contributed by atoms with van der Waals surface area (Å²) in [5.41, 5.74) is -1.02. The summed E-state index contributed by atoms with van der Waals surface area (Å²) in [5.74, 6) is -4.59.